The molecule has 0 N–H and O–H groups in total. The fourth-order valence-corrected chi connectivity index (χ4v) is 7.54. The third-order valence-electron chi connectivity index (χ3n) is 9.90. The molecule has 0 saturated carbocycles. The largest absolute Gasteiger partial charge is 0.264 e. The predicted octanol–water partition coefficient (Wildman–Crippen LogP) is 12.2. The highest BCUT2D eigenvalue weighted by atomic mass is 15.0. The maximum Gasteiger partial charge on any atom is 0.165 e. The van der Waals surface area contributed by atoms with Crippen molar-refractivity contribution in [2.45, 2.75) is 0 Å². The maximum absolute atomic E-state index is 5.18. The van der Waals surface area contributed by atoms with Gasteiger partial charge in [0.1, 0.15) is 0 Å². The van der Waals surface area contributed by atoms with Crippen LogP contribution in [0.4, 0.5) is 0 Å². The standard InChI is InChI=1S/C48H30N4/c1-2-13-31(14-3-1)46-50-47(36-19-12-24-49-30-36)52-48(51-46)39-28-37(44-40-20-8-4-15-32(40)25-33-16-5-9-21-41(33)44)27-38(29-39)45-42-22-10-6-17-34(42)26-35-18-7-11-23-43(35)45/h1-30H. The zero-order valence-electron chi connectivity index (χ0n) is 28.1. The van der Waals surface area contributed by atoms with E-state index in [0.29, 0.717) is 17.5 Å². The number of benzene rings is 8. The molecule has 0 unspecified atom stereocenters. The molecule has 2 heterocycles. The second kappa shape index (κ2) is 12.4. The molecule has 4 heteroatoms. The Labute approximate surface area is 300 Å². The lowest BCUT2D eigenvalue weighted by molar-refractivity contribution is 1.07. The first-order valence-corrected chi connectivity index (χ1v) is 17.5. The van der Waals surface area contributed by atoms with E-state index in [-0.39, 0.29) is 0 Å². The average molecular weight is 663 g/mol. The highest BCUT2D eigenvalue weighted by molar-refractivity contribution is 6.16. The van der Waals surface area contributed by atoms with Crippen LogP contribution in [0.15, 0.2) is 182 Å². The van der Waals surface area contributed by atoms with Gasteiger partial charge < -0.3 is 0 Å². The second-order valence-electron chi connectivity index (χ2n) is 13.1. The third-order valence-corrected chi connectivity index (χ3v) is 9.90. The lowest BCUT2D eigenvalue weighted by atomic mass is 9.87. The highest BCUT2D eigenvalue weighted by Gasteiger charge is 2.19. The summed E-state index contributed by atoms with van der Waals surface area (Å²) in [5.41, 5.74) is 7.24. The van der Waals surface area contributed by atoms with Gasteiger partial charge in [-0.15, -0.1) is 0 Å². The number of nitrogens with zero attached hydrogens (tertiary/aromatic N) is 4. The zero-order chi connectivity index (χ0) is 34.4. The first-order chi connectivity index (χ1) is 25.8. The van der Waals surface area contributed by atoms with Gasteiger partial charge in [-0.2, -0.15) is 0 Å². The van der Waals surface area contributed by atoms with E-state index >= 15 is 0 Å². The van der Waals surface area contributed by atoms with Gasteiger partial charge in [0.15, 0.2) is 17.5 Å². The van der Waals surface area contributed by atoms with E-state index in [1.165, 1.54) is 54.2 Å². The fourth-order valence-electron chi connectivity index (χ4n) is 7.54. The lowest BCUT2D eigenvalue weighted by Gasteiger charge is -2.17. The number of aromatic nitrogens is 4. The summed E-state index contributed by atoms with van der Waals surface area (Å²) >= 11 is 0. The predicted molar refractivity (Wildman–Crippen MR) is 215 cm³/mol. The molecule has 242 valence electrons. The average Bonchev–Trinajstić information content (AvgIpc) is 3.22. The molecule has 0 aliphatic heterocycles. The Morgan fingerprint density at radius 3 is 1.13 bits per heavy atom. The molecule has 8 aromatic carbocycles. The molecule has 0 aliphatic rings. The van der Waals surface area contributed by atoms with Crippen molar-refractivity contribution in [2.75, 3.05) is 0 Å². The monoisotopic (exact) mass is 662 g/mol. The Kier molecular flexibility index (Phi) is 7.10. The highest BCUT2D eigenvalue weighted by Crippen LogP contribution is 2.43. The number of fused-ring (bicyclic) bond motifs is 4. The lowest BCUT2D eigenvalue weighted by Crippen LogP contribution is -2.01. The Bertz CT molecular complexity index is 2650. The number of hydrogen-bond donors (Lipinski definition) is 0. The molecule has 10 aromatic rings. The molecule has 0 saturated heterocycles. The maximum atomic E-state index is 5.18. The van der Waals surface area contributed by atoms with Crippen molar-refractivity contribution < 1.29 is 0 Å². The number of hydrogen-bond acceptors (Lipinski definition) is 4. The molecule has 0 spiro atoms. The van der Waals surface area contributed by atoms with Crippen LogP contribution >= 0.6 is 0 Å². The van der Waals surface area contributed by atoms with E-state index in [2.05, 4.69) is 132 Å². The van der Waals surface area contributed by atoms with Crippen LogP contribution in [0.3, 0.4) is 0 Å². The van der Waals surface area contributed by atoms with Crippen molar-refractivity contribution in [3.63, 3.8) is 0 Å². The van der Waals surface area contributed by atoms with Crippen molar-refractivity contribution >= 4 is 43.1 Å². The SMILES string of the molecule is c1ccc(-c2nc(-c3cccnc3)nc(-c3cc(-c4c5ccccc5cc5ccccc45)cc(-c4c5ccccc5cc5ccccc45)c3)n2)cc1. The molecule has 0 amide bonds. The first kappa shape index (κ1) is 29.8. The minimum atomic E-state index is 0.579. The van der Waals surface area contributed by atoms with Crippen LogP contribution in [0.25, 0.3) is 99.5 Å². The van der Waals surface area contributed by atoms with E-state index in [4.69, 9.17) is 15.0 Å². The molecule has 2 aromatic heterocycles. The summed E-state index contributed by atoms with van der Waals surface area (Å²) in [4.78, 5) is 19.7. The van der Waals surface area contributed by atoms with Gasteiger partial charge in [-0.1, -0.05) is 127 Å². The van der Waals surface area contributed by atoms with Gasteiger partial charge in [0, 0.05) is 29.1 Å². The van der Waals surface area contributed by atoms with Crippen LogP contribution in [-0.4, -0.2) is 19.9 Å². The van der Waals surface area contributed by atoms with Crippen LogP contribution in [-0.2, 0) is 0 Å². The van der Waals surface area contributed by atoms with Crippen LogP contribution < -0.4 is 0 Å². The number of pyridine rings is 1. The first-order valence-electron chi connectivity index (χ1n) is 17.5. The Balaban J connectivity index is 1.33. The molecule has 0 radical (unpaired) electrons. The van der Waals surface area contributed by atoms with Gasteiger partial charge in [0.25, 0.3) is 0 Å². The van der Waals surface area contributed by atoms with Crippen LogP contribution in [0.2, 0.25) is 0 Å². The molecule has 52 heavy (non-hydrogen) atoms. The van der Waals surface area contributed by atoms with Gasteiger partial charge in [-0.3, -0.25) is 4.98 Å². The topological polar surface area (TPSA) is 51.6 Å². The summed E-state index contributed by atoms with van der Waals surface area (Å²) in [6, 6.07) is 60.1. The molecule has 0 bridgehead atoms. The molecule has 10 rings (SSSR count). The Hall–Kier alpha value is -7.04. The van der Waals surface area contributed by atoms with Crippen LogP contribution in [0, 0.1) is 0 Å². The van der Waals surface area contributed by atoms with Gasteiger partial charge >= 0.3 is 0 Å². The number of rotatable bonds is 5. The van der Waals surface area contributed by atoms with Crippen LogP contribution in [0.1, 0.15) is 0 Å². The summed E-state index contributed by atoms with van der Waals surface area (Å²) in [7, 11) is 0. The normalized spacial score (nSPS) is 11.5. The van der Waals surface area contributed by atoms with Crippen molar-refractivity contribution in [3.05, 3.63) is 182 Å². The molecule has 4 nitrogen and oxygen atoms in total. The van der Waals surface area contributed by atoms with Crippen molar-refractivity contribution in [3.8, 4) is 56.4 Å². The molecule has 0 fully saturated rings. The quantitative estimate of drug-likeness (QED) is 0.172. The van der Waals surface area contributed by atoms with E-state index < -0.39 is 0 Å². The summed E-state index contributed by atoms with van der Waals surface area (Å²) in [5.74, 6) is 1.79. The summed E-state index contributed by atoms with van der Waals surface area (Å²) in [6.07, 6.45) is 3.57. The molecular weight excluding hydrogens is 633 g/mol. The van der Waals surface area contributed by atoms with Crippen molar-refractivity contribution in [1.82, 2.24) is 19.9 Å². The fraction of sp³-hybridized carbons (Fsp3) is 0. The Morgan fingerprint density at radius 2 is 0.673 bits per heavy atom. The van der Waals surface area contributed by atoms with E-state index in [9.17, 15) is 0 Å². The van der Waals surface area contributed by atoms with Crippen molar-refractivity contribution in [1.29, 1.82) is 0 Å². The van der Waals surface area contributed by atoms with Gasteiger partial charge in [0.2, 0.25) is 0 Å². The molecule has 0 aliphatic carbocycles. The third kappa shape index (κ3) is 5.17. The van der Waals surface area contributed by atoms with Gasteiger partial charge in [-0.25, -0.2) is 15.0 Å². The molecule has 0 atom stereocenters. The second-order valence-corrected chi connectivity index (χ2v) is 13.1. The summed E-state index contributed by atoms with van der Waals surface area (Å²) in [6.45, 7) is 0. The van der Waals surface area contributed by atoms with Crippen molar-refractivity contribution in [2.24, 2.45) is 0 Å². The van der Waals surface area contributed by atoms with Crippen LogP contribution in [0.5, 0.6) is 0 Å². The summed E-state index contributed by atoms with van der Waals surface area (Å²) < 4.78 is 0. The minimum Gasteiger partial charge on any atom is -0.264 e. The minimum absolute atomic E-state index is 0.579. The molecular formula is C48H30N4. The van der Waals surface area contributed by atoms with Gasteiger partial charge in [-0.05, 0) is 108 Å². The van der Waals surface area contributed by atoms with E-state index in [0.717, 1.165) is 27.8 Å². The van der Waals surface area contributed by atoms with E-state index in [1.54, 1.807) is 12.4 Å². The smallest absolute Gasteiger partial charge is 0.165 e. The zero-order valence-corrected chi connectivity index (χ0v) is 28.1. The summed E-state index contributed by atoms with van der Waals surface area (Å²) in [5, 5.41) is 9.58. The Morgan fingerprint density at radius 1 is 0.288 bits per heavy atom. The van der Waals surface area contributed by atoms with E-state index in [1.807, 2.05) is 42.5 Å². The van der Waals surface area contributed by atoms with Gasteiger partial charge in [0.05, 0.1) is 0 Å².